The third kappa shape index (κ3) is 9.00. The molecule has 0 N–H and O–H groups in total. The van der Waals surface area contributed by atoms with Crippen LogP contribution in [0.2, 0.25) is 0 Å². The summed E-state index contributed by atoms with van der Waals surface area (Å²) >= 11 is 0. The van der Waals surface area contributed by atoms with Gasteiger partial charge in [-0.05, 0) is 5.92 Å². The van der Waals surface area contributed by atoms with Crippen molar-refractivity contribution in [1.29, 1.82) is 0 Å². The van der Waals surface area contributed by atoms with Crippen LogP contribution in [0.5, 0.6) is 0 Å². The van der Waals surface area contributed by atoms with E-state index >= 15 is 0 Å². The molecule has 18 heavy (non-hydrogen) atoms. The molecule has 108 valence electrons. The summed E-state index contributed by atoms with van der Waals surface area (Å²) in [5.74, 6) is 1.07. The van der Waals surface area contributed by atoms with E-state index in [1.807, 2.05) is 0 Å². The van der Waals surface area contributed by atoms with Crippen molar-refractivity contribution in [2.24, 2.45) is 5.92 Å². The van der Waals surface area contributed by atoms with Crippen molar-refractivity contribution in [3.8, 4) is 0 Å². The van der Waals surface area contributed by atoms with Gasteiger partial charge in [-0.2, -0.15) is 0 Å². The Labute approximate surface area is 116 Å². The highest BCUT2D eigenvalue weighted by Gasteiger charge is 2.09. The Hall–Kier alpha value is 0. The summed E-state index contributed by atoms with van der Waals surface area (Å²) in [4.78, 5) is 0. The third-order valence-corrected chi connectivity index (χ3v) is 4.69. The van der Waals surface area contributed by atoms with Gasteiger partial charge in [-0.3, -0.25) is 0 Å². The predicted octanol–water partition coefficient (Wildman–Crippen LogP) is 6.88. The van der Waals surface area contributed by atoms with Crippen LogP contribution in [0.15, 0.2) is 0 Å². The molecule has 0 saturated heterocycles. The quantitative estimate of drug-likeness (QED) is 0.452. The fourth-order valence-electron chi connectivity index (χ4n) is 3.40. The Morgan fingerprint density at radius 2 is 1.11 bits per heavy atom. The third-order valence-electron chi connectivity index (χ3n) is 4.69. The van der Waals surface area contributed by atoms with Crippen LogP contribution in [0, 0.1) is 5.92 Å². The normalized spacial score (nSPS) is 20.5. The van der Waals surface area contributed by atoms with Crippen LogP contribution >= 0.6 is 0 Å². The Kier molecular flexibility index (Phi) is 10.8. The van der Waals surface area contributed by atoms with Gasteiger partial charge in [0.1, 0.15) is 0 Å². The summed E-state index contributed by atoms with van der Waals surface area (Å²) < 4.78 is 0. The molecule has 1 rings (SSSR count). The molecular formula is C18H36. The predicted molar refractivity (Wildman–Crippen MR) is 83.0 cm³/mol. The first-order valence-electron chi connectivity index (χ1n) is 8.93. The molecule has 0 aromatic rings. The van der Waals surface area contributed by atoms with Crippen LogP contribution in [-0.2, 0) is 0 Å². The summed E-state index contributed by atoms with van der Waals surface area (Å²) in [7, 11) is 0. The Morgan fingerprint density at radius 3 is 1.67 bits per heavy atom. The van der Waals surface area contributed by atoms with Gasteiger partial charge in [-0.15, -0.1) is 0 Å². The molecule has 1 saturated carbocycles. The van der Waals surface area contributed by atoms with Gasteiger partial charge in [0.05, 0.1) is 0 Å². The van der Waals surface area contributed by atoms with Crippen molar-refractivity contribution in [3.05, 3.63) is 0 Å². The van der Waals surface area contributed by atoms with Gasteiger partial charge in [-0.1, -0.05) is 110 Å². The van der Waals surface area contributed by atoms with E-state index in [1.165, 1.54) is 103 Å². The van der Waals surface area contributed by atoms with Crippen molar-refractivity contribution >= 4 is 0 Å². The van der Waals surface area contributed by atoms with Gasteiger partial charge in [-0.25, -0.2) is 0 Å². The molecular weight excluding hydrogens is 216 g/mol. The molecule has 0 bridgehead atoms. The highest BCUT2D eigenvalue weighted by molar-refractivity contribution is 4.63. The van der Waals surface area contributed by atoms with E-state index in [2.05, 4.69) is 6.92 Å². The van der Waals surface area contributed by atoms with E-state index < -0.39 is 0 Å². The van der Waals surface area contributed by atoms with Crippen LogP contribution in [0.3, 0.4) is 0 Å². The maximum Gasteiger partial charge on any atom is -0.0414 e. The molecule has 0 nitrogen and oxygen atoms in total. The molecule has 0 atom stereocenters. The number of rotatable bonds is 6. The average molecular weight is 252 g/mol. The number of unbranched alkanes of at least 4 members (excludes halogenated alkanes) is 4. The van der Waals surface area contributed by atoms with Gasteiger partial charge in [0.2, 0.25) is 0 Å². The molecule has 0 heterocycles. The van der Waals surface area contributed by atoms with Crippen LogP contribution in [0.1, 0.15) is 110 Å². The standard InChI is InChI=1S/C18H36/c1-2-3-4-9-12-15-18-16-13-10-7-5-6-8-11-14-17-18/h18H,2-17H2,1H3. The first kappa shape index (κ1) is 16.1. The molecule has 0 heteroatoms. The van der Waals surface area contributed by atoms with Gasteiger partial charge in [0.15, 0.2) is 0 Å². The van der Waals surface area contributed by atoms with Crippen molar-refractivity contribution < 1.29 is 0 Å². The second-order valence-electron chi connectivity index (χ2n) is 6.47. The summed E-state index contributed by atoms with van der Waals surface area (Å²) in [6.07, 6.45) is 23.9. The van der Waals surface area contributed by atoms with Gasteiger partial charge >= 0.3 is 0 Å². The maximum atomic E-state index is 2.31. The van der Waals surface area contributed by atoms with Crippen LogP contribution in [0.4, 0.5) is 0 Å². The Morgan fingerprint density at radius 1 is 0.611 bits per heavy atom. The minimum atomic E-state index is 1.07. The lowest BCUT2D eigenvalue weighted by Gasteiger charge is -2.16. The zero-order valence-electron chi connectivity index (χ0n) is 12.9. The SMILES string of the molecule is CCCCCCCC1CCCCCCCCCC1. The van der Waals surface area contributed by atoms with Crippen molar-refractivity contribution in [1.82, 2.24) is 0 Å². The fourth-order valence-corrected chi connectivity index (χ4v) is 3.40. The van der Waals surface area contributed by atoms with E-state index in [4.69, 9.17) is 0 Å². The minimum Gasteiger partial charge on any atom is -0.0654 e. The van der Waals surface area contributed by atoms with Crippen LogP contribution in [0.25, 0.3) is 0 Å². The van der Waals surface area contributed by atoms with Crippen molar-refractivity contribution in [2.75, 3.05) is 0 Å². The molecule has 0 aromatic carbocycles. The molecule has 0 aliphatic heterocycles. The molecule has 0 amide bonds. The fraction of sp³-hybridized carbons (Fsp3) is 1.00. The molecule has 0 unspecified atom stereocenters. The molecule has 0 spiro atoms. The molecule has 1 aliphatic rings. The lowest BCUT2D eigenvalue weighted by Crippen LogP contribution is -2.01. The number of hydrogen-bond donors (Lipinski definition) is 0. The molecule has 1 fully saturated rings. The topological polar surface area (TPSA) is 0 Å². The average Bonchev–Trinajstić information content (AvgIpc) is 2.44. The summed E-state index contributed by atoms with van der Waals surface area (Å²) in [5, 5.41) is 0. The van der Waals surface area contributed by atoms with Crippen LogP contribution in [-0.4, -0.2) is 0 Å². The molecule has 0 aromatic heterocycles. The zero-order chi connectivity index (χ0) is 12.9. The highest BCUT2D eigenvalue weighted by Crippen LogP contribution is 2.25. The van der Waals surface area contributed by atoms with Gasteiger partial charge in [0, 0.05) is 0 Å². The lowest BCUT2D eigenvalue weighted by molar-refractivity contribution is 0.373. The Bertz CT molecular complexity index is 149. The van der Waals surface area contributed by atoms with Crippen molar-refractivity contribution in [3.63, 3.8) is 0 Å². The minimum absolute atomic E-state index is 1.07. The Balaban J connectivity index is 2.10. The smallest absolute Gasteiger partial charge is 0.0414 e. The summed E-state index contributed by atoms with van der Waals surface area (Å²) in [5.41, 5.74) is 0. The first-order chi connectivity index (χ1) is 8.93. The van der Waals surface area contributed by atoms with Crippen LogP contribution < -0.4 is 0 Å². The van der Waals surface area contributed by atoms with E-state index in [0.717, 1.165) is 5.92 Å². The second kappa shape index (κ2) is 12.1. The first-order valence-corrected chi connectivity index (χ1v) is 8.93. The lowest BCUT2D eigenvalue weighted by atomic mass is 9.90. The number of hydrogen-bond acceptors (Lipinski definition) is 0. The van der Waals surface area contributed by atoms with E-state index in [9.17, 15) is 0 Å². The van der Waals surface area contributed by atoms with E-state index in [0.29, 0.717) is 0 Å². The summed E-state index contributed by atoms with van der Waals surface area (Å²) in [6.45, 7) is 2.31. The summed E-state index contributed by atoms with van der Waals surface area (Å²) in [6, 6.07) is 0. The molecule has 1 aliphatic carbocycles. The highest BCUT2D eigenvalue weighted by atomic mass is 14.1. The monoisotopic (exact) mass is 252 g/mol. The van der Waals surface area contributed by atoms with Crippen molar-refractivity contribution in [2.45, 2.75) is 110 Å². The molecule has 0 radical (unpaired) electrons. The van der Waals surface area contributed by atoms with E-state index in [1.54, 1.807) is 0 Å². The van der Waals surface area contributed by atoms with Gasteiger partial charge in [0.25, 0.3) is 0 Å². The maximum absolute atomic E-state index is 2.31. The van der Waals surface area contributed by atoms with Gasteiger partial charge < -0.3 is 0 Å². The zero-order valence-corrected chi connectivity index (χ0v) is 12.9. The largest absolute Gasteiger partial charge is 0.0654 e. The van der Waals surface area contributed by atoms with E-state index in [-0.39, 0.29) is 0 Å². The second-order valence-corrected chi connectivity index (χ2v) is 6.47.